The van der Waals surface area contributed by atoms with Gasteiger partial charge in [0.2, 0.25) is 0 Å². The number of nitrogens with zero attached hydrogens (tertiary/aromatic N) is 2. The van der Waals surface area contributed by atoms with Crippen molar-refractivity contribution in [3.05, 3.63) is 64.3 Å². The van der Waals surface area contributed by atoms with Crippen LogP contribution in [0.5, 0.6) is 0 Å². The summed E-state index contributed by atoms with van der Waals surface area (Å²) in [5.41, 5.74) is 7.16. The largest absolute Gasteiger partial charge is 0.465 e. The Morgan fingerprint density at radius 1 is 1.20 bits per heavy atom. The van der Waals surface area contributed by atoms with Crippen LogP contribution in [0.25, 0.3) is 10.9 Å². The van der Waals surface area contributed by atoms with Gasteiger partial charge in [0.1, 0.15) is 6.17 Å². The van der Waals surface area contributed by atoms with Crippen molar-refractivity contribution in [2.45, 2.75) is 25.1 Å². The van der Waals surface area contributed by atoms with Gasteiger partial charge < -0.3 is 20.7 Å². The Morgan fingerprint density at radius 2 is 1.94 bits per heavy atom. The summed E-state index contributed by atoms with van der Waals surface area (Å²) < 4.78 is 20.7. The molecule has 9 nitrogen and oxygen atoms in total. The fourth-order valence-corrected chi connectivity index (χ4v) is 4.81. The molecule has 35 heavy (non-hydrogen) atoms. The van der Waals surface area contributed by atoms with Gasteiger partial charge in [-0.15, -0.1) is 0 Å². The number of fused-ring (bicyclic) bond motifs is 1. The molecule has 2 heterocycles. The summed E-state index contributed by atoms with van der Waals surface area (Å²) in [6.07, 6.45) is -0.126. The molecule has 1 aliphatic rings. The van der Waals surface area contributed by atoms with E-state index >= 15 is 0 Å². The SMILES string of the molecule is COC(=O)c1ccc(CC(=O)[C@@H]2C[C@@H](F)CN2C(=O)Nc2cn(C(N)=O)c3ccccc23)cc1Br. The number of carbonyl (C=O) groups excluding carboxylic acids is 4. The maximum atomic E-state index is 14.3. The number of halogens is 2. The maximum absolute atomic E-state index is 14.3. The third-order valence-corrected chi connectivity index (χ3v) is 6.55. The van der Waals surface area contributed by atoms with Gasteiger partial charge in [-0.2, -0.15) is 0 Å². The second-order valence-electron chi connectivity index (χ2n) is 8.15. The van der Waals surface area contributed by atoms with Gasteiger partial charge in [0.25, 0.3) is 0 Å². The van der Waals surface area contributed by atoms with Crippen molar-refractivity contribution in [1.29, 1.82) is 0 Å². The molecule has 0 spiro atoms. The molecule has 0 aliphatic carbocycles. The summed E-state index contributed by atoms with van der Waals surface area (Å²) in [6.45, 7) is -0.234. The van der Waals surface area contributed by atoms with Crippen LogP contribution in [-0.4, -0.2) is 59.1 Å². The van der Waals surface area contributed by atoms with Crippen LogP contribution in [0.3, 0.4) is 0 Å². The third kappa shape index (κ3) is 4.90. The highest BCUT2D eigenvalue weighted by Gasteiger charge is 2.39. The normalized spacial score (nSPS) is 17.4. The average molecular weight is 545 g/mol. The molecule has 2 aromatic carbocycles. The summed E-state index contributed by atoms with van der Waals surface area (Å²) in [5.74, 6) is -0.857. The lowest BCUT2D eigenvalue weighted by Crippen LogP contribution is -2.43. The van der Waals surface area contributed by atoms with Gasteiger partial charge in [0, 0.05) is 28.9 Å². The highest BCUT2D eigenvalue weighted by Crippen LogP contribution is 2.29. The van der Waals surface area contributed by atoms with E-state index in [4.69, 9.17) is 10.5 Å². The number of benzene rings is 2. The van der Waals surface area contributed by atoms with Crippen LogP contribution in [0.4, 0.5) is 19.7 Å². The van der Waals surface area contributed by atoms with Crippen molar-refractivity contribution >= 4 is 56.3 Å². The number of hydrogen-bond donors (Lipinski definition) is 2. The van der Waals surface area contributed by atoms with E-state index < -0.39 is 30.2 Å². The molecule has 2 atom stereocenters. The Kier molecular flexibility index (Phi) is 6.88. The van der Waals surface area contributed by atoms with Gasteiger partial charge in [-0.05, 0) is 39.7 Å². The van der Waals surface area contributed by atoms with E-state index in [1.54, 1.807) is 36.4 Å². The topological polar surface area (TPSA) is 124 Å². The zero-order chi connectivity index (χ0) is 25.3. The smallest absolute Gasteiger partial charge is 0.338 e. The highest BCUT2D eigenvalue weighted by molar-refractivity contribution is 9.10. The van der Waals surface area contributed by atoms with Crippen molar-refractivity contribution in [3.63, 3.8) is 0 Å². The predicted octanol–water partition coefficient (Wildman–Crippen LogP) is 3.87. The number of nitrogens with one attached hydrogen (secondary N) is 1. The zero-order valence-corrected chi connectivity index (χ0v) is 20.2. The van der Waals surface area contributed by atoms with Gasteiger partial charge in [-0.25, -0.2) is 18.8 Å². The first kappa shape index (κ1) is 24.4. The second-order valence-corrected chi connectivity index (χ2v) is 9.00. The van der Waals surface area contributed by atoms with E-state index in [0.717, 1.165) is 0 Å². The number of rotatable bonds is 5. The molecule has 0 bridgehead atoms. The summed E-state index contributed by atoms with van der Waals surface area (Å²) in [6, 6.07) is 9.29. The van der Waals surface area contributed by atoms with Gasteiger partial charge in [-0.1, -0.05) is 24.3 Å². The van der Waals surface area contributed by atoms with Crippen LogP contribution in [0.2, 0.25) is 0 Å². The first-order valence-electron chi connectivity index (χ1n) is 10.7. The van der Waals surface area contributed by atoms with E-state index in [1.807, 2.05) is 0 Å². The minimum absolute atomic E-state index is 0.0534. The lowest BCUT2D eigenvalue weighted by molar-refractivity contribution is -0.121. The van der Waals surface area contributed by atoms with Crippen LogP contribution in [-0.2, 0) is 16.0 Å². The fourth-order valence-electron chi connectivity index (χ4n) is 4.23. The molecule has 11 heteroatoms. The Bertz CT molecular complexity index is 1340. The summed E-state index contributed by atoms with van der Waals surface area (Å²) in [5, 5.41) is 3.27. The van der Waals surface area contributed by atoms with Crippen molar-refractivity contribution in [2.24, 2.45) is 5.73 Å². The van der Waals surface area contributed by atoms with E-state index in [2.05, 4.69) is 21.2 Å². The maximum Gasteiger partial charge on any atom is 0.338 e. The number of methoxy groups -OCH3 is 1. The van der Waals surface area contributed by atoms with Crippen molar-refractivity contribution in [3.8, 4) is 0 Å². The van der Waals surface area contributed by atoms with Gasteiger partial charge >= 0.3 is 18.0 Å². The van der Waals surface area contributed by atoms with E-state index in [9.17, 15) is 23.6 Å². The molecule has 1 saturated heterocycles. The van der Waals surface area contributed by atoms with Crippen LogP contribution in [0.15, 0.2) is 53.1 Å². The summed E-state index contributed by atoms with van der Waals surface area (Å²) >= 11 is 3.29. The van der Waals surface area contributed by atoms with Crippen LogP contribution in [0, 0.1) is 0 Å². The average Bonchev–Trinajstić information content (AvgIpc) is 3.40. The lowest BCUT2D eigenvalue weighted by Gasteiger charge is -2.23. The number of aromatic nitrogens is 1. The monoisotopic (exact) mass is 544 g/mol. The van der Waals surface area contributed by atoms with E-state index in [-0.39, 0.29) is 25.2 Å². The number of primary amides is 1. The fraction of sp³-hybridized carbons (Fsp3) is 0.250. The molecule has 3 aromatic rings. The molecule has 0 radical (unpaired) electrons. The molecule has 0 unspecified atom stereocenters. The standard InChI is InChI=1S/C24H22BrFN4O5/c1-35-22(32)15-7-6-13(8-17(15)25)9-21(31)20-10-14(26)11-30(20)24(34)28-18-12-29(23(27)33)19-5-3-2-4-16(18)19/h2-8,12,14,20H,9-11H2,1H3,(H2,27,33)(H,28,34)/t14-,20+/m1/s1. The van der Waals surface area contributed by atoms with Gasteiger partial charge in [0.15, 0.2) is 5.78 Å². The molecule has 0 saturated carbocycles. The Balaban J connectivity index is 1.52. The molecular formula is C24H22BrFN4O5. The summed E-state index contributed by atoms with van der Waals surface area (Å²) in [7, 11) is 1.27. The Labute approximate surface area is 208 Å². The number of likely N-dealkylation sites (tertiary alicyclic amines) is 1. The molecular weight excluding hydrogens is 523 g/mol. The first-order valence-corrected chi connectivity index (χ1v) is 11.5. The van der Waals surface area contributed by atoms with Crippen LogP contribution in [0.1, 0.15) is 22.3 Å². The Hall–Kier alpha value is -3.73. The molecule has 4 rings (SSSR count). The van der Waals surface area contributed by atoms with Crippen molar-refractivity contribution < 1.29 is 28.3 Å². The predicted molar refractivity (Wildman–Crippen MR) is 130 cm³/mol. The zero-order valence-electron chi connectivity index (χ0n) is 18.7. The van der Waals surface area contributed by atoms with Crippen LogP contribution < -0.4 is 11.1 Å². The number of esters is 1. The molecule has 1 aliphatic heterocycles. The number of nitrogens with two attached hydrogens (primary N) is 1. The van der Waals surface area contributed by atoms with Crippen molar-refractivity contribution in [2.75, 3.05) is 19.0 Å². The van der Waals surface area contributed by atoms with Crippen LogP contribution >= 0.6 is 15.9 Å². The first-order chi connectivity index (χ1) is 16.7. The van der Waals surface area contributed by atoms with E-state index in [1.165, 1.54) is 28.8 Å². The number of anilines is 1. The van der Waals surface area contributed by atoms with Crippen molar-refractivity contribution in [1.82, 2.24) is 9.47 Å². The molecule has 182 valence electrons. The number of ether oxygens (including phenoxy) is 1. The number of Topliss-reactive ketones (excluding diaryl/α,β-unsaturated/α-hetero) is 1. The molecule has 1 fully saturated rings. The number of carbonyl (C=O) groups is 4. The minimum Gasteiger partial charge on any atom is -0.465 e. The highest BCUT2D eigenvalue weighted by atomic mass is 79.9. The number of amides is 3. The summed E-state index contributed by atoms with van der Waals surface area (Å²) in [4.78, 5) is 50.8. The molecule has 3 N–H and O–H groups in total. The molecule has 3 amide bonds. The third-order valence-electron chi connectivity index (χ3n) is 5.89. The number of alkyl halides is 1. The second kappa shape index (κ2) is 9.87. The van der Waals surface area contributed by atoms with Gasteiger partial charge in [-0.3, -0.25) is 9.36 Å². The number of para-hydroxylation sites is 1. The lowest BCUT2D eigenvalue weighted by atomic mass is 10.0. The molecule has 1 aromatic heterocycles. The van der Waals surface area contributed by atoms with E-state index in [0.29, 0.717) is 32.2 Å². The Morgan fingerprint density at radius 3 is 2.63 bits per heavy atom. The number of ketones is 1. The quantitative estimate of drug-likeness (QED) is 0.472. The van der Waals surface area contributed by atoms with Gasteiger partial charge in [0.05, 0.1) is 36.5 Å². The number of urea groups is 1. The number of hydrogen-bond acceptors (Lipinski definition) is 5. The minimum atomic E-state index is -1.35.